The van der Waals surface area contributed by atoms with Gasteiger partial charge in [0.2, 0.25) is 0 Å². The zero-order valence-electron chi connectivity index (χ0n) is 15.2. The smallest absolute Gasteiger partial charge is 0.257 e. The number of hydrogen-bond donors (Lipinski definition) is 1. The summed E-state index contributed by atoms with van der Waals surface area (Å²) in [7, 11) is 0. The van der Waals surface area contributed by atoms with E-state index in [0.717, 1.165) is 42.0 Å². The minimum Gasteiger partial charge on any atom is -0.338 e. The second kappa shape index (κ2) is 7.31. The number of aromatic nitrogens is 3. The number of H-pyrrole nitrogens is 1. The summed E-state index contributed by atoms with van der Waals surface area (Å²) in [4.78, 5) is 19.5. The van der Waals surface area contributed by atoms with E-state index in [1.54, 1.807) is 18.3 Å². The topological polar surface area (TPSA) is 61.9 Å². The third-order valence-electron chi connectivity index (χ3n) is 5.10. The number of aromatic amines is 1. The highest BCUT2D eigenvalue weighted by Crippen LogP contribution is 2.28. The molecule has 1 fully saturated rings. The second-order valence-corrected chi connectivity index (χ2v) is 6.95. The van der Waals surface area contributed by atoms with Gasteiger partial charge in [-0.3, -0.25) is 14.9 Å². The molecule has 1 atom stereocenters. The first kappa shape index (κ1) is 17.4. The average Bonchev–Trinajstić information content (AvgIpc) is 3.14. The number of aryl methyl sites for hydroxylation is 1. The Hall–Kier alpha value is -3.02. The van der Waals surface area contributed by atoms with Gasteiger partial charge < -0.3 is 4.90 Å². The van der Waals surface area contributed by atoms with Crippen molar-refractivity contribution < 1.29 is 9.18 Å². The van der Waals surface area contributed by atoms with Crippen molar-refractivity contribution in [2.75, 3.05) is 13.1 Å². The van der Waals surface area contributed by atoms with Gasteiger partial charge in [-0.2, -0.15) is 5.10 Å². The zero-order chi connectivity index (χ0) is 18.8. The number of piperidine rings is 1. The summed E-state index contributed by atoms with van der Waals surface area (Å²) in [6.07, 6.45) is 3.53. The number of carbonyl (C=O) groups excluding carboxylic acids is 1. The van der Waals surface area contributed by atoms with Crippen LogP contribution in [0, 0.1) is 12.7 Å². The van der Waals surface area contributed by atoms with Gasteiger partial charge in [0.1, 0.15) is 5.82 Å². The van der Waals surface area contributed by atoms with Crippen LogP contribution in [-0.2, 0) is 0 Å². The summed E-state index contributed by atoms with van der Waals surface area (Å²) in [5.74, 6) is -0.0539. The van der Waals surface area contributed by atoms with Gasteiger partial charge in [-0.15, -0.1) is 0 Å². The van der Waals surface area contributed by atoms with E-state index < -0.39 is 0 Å². The average molecular weight is 364 g/mol. The van der Waals surface area contributed by atoms with Crippen LogP contribution in [0.2, 0.25) is 0 Å². The number of nitrogens with zero attached hydrogens (tertiary/aromatic N) is 3. The van der Waals surface area contributed by atoms with E-state index in [9.17, 15) is 9.18 Å². The molecule has 138 valence electrons. The molecule has 3 heterocycles. The van der Waals surface area contributed by atoms with E-state index in [1.165, 1.54) is 12.1 Å². The molecule has 1 saturated heterocycles. The lowest BCUT2D eigenvalue weighted by Gasteiger charge is -2.32. The highest BCUT2D eigenvalue weighted by molar-refractivity contribution is 5.95. The Balaban J connectivity index is 1.55. The Morgan fingerprint density at radius 2 is 2.04 bits per heavy atom. The van der Waals surface area contributed by atoms with Gasteiger partial charge >= 0.3 is 0 Å². The lowest BCUT2D eigenvalue weighted by molar-refractivity contribution is 0.0705. The molecule has 0 saturated carbocycles. The van der Waals surface area contributed by atoms with E-state index in [0.29, 0.717) is 12.1 Å². The van der Waals surface area contributed by atoms with Gasteiger partial charge in [0, 0.05) is 36.0 Å². The fourth-order valence-corrected chi connectivity index (χ4v) is 3.60. The van der Waals surface area contributed by atoms with Crippen LogP contribution in [-0.4, -0.2) is 39.1 Å². The highest BCUT2D eigenvalue weighted by atomic mass is 19.1. The number of rotatable bonds is 3. The molecule has 6 heteroatoms. The minimum atomic E-state index is -0.258. The molecule has 1 aromatic carbocycles. The van der Waals surface area contributed by atoms with Crippen molar-refractivity contribution in [2.24, 2.45) is 0 Å². The number of hydrogen-bond acceptors (Lipinski definition) is 3. The van der Waals surface area contributed by atoms with Crippen LogP contribution in [0.5, 0.6) is 0 Å². The summed E-state index contributed by atoms with van der Waals surface area (Å²) in [6, 6.07) is 12.3. The van der Waals surface area contributed by atoms with Crippen LogP contribution in [0.25, 0.3) is 11.3 Å². The number of likely N-dealkylation sites (tertiary alicyclic amines) is 1. The van der Waals surface area contributed by atoms with E-state index in [2.05, 4.69) is 10.2 Å². The molecule has 1 amide bonds. The Kier molecular flexibility index (Phi) is 4.71. The summed E-state index contributed by atoms with van der Waals surface area (Å²) in [6.45, 7) is 3.25. The van der Waals surface area contributed by atoms with Gasteiger partial charge in [-0.1, -0.05) is 6.07 Å². The standard InChI is InChI=1S/C21H21FN4O/c1-14-18(12-23-25-14)21(27)26-11-3-4-16(13-26)20-6-2-5-19(24-20)15-7-9-17(22)10-8-15/h2,5-10,12,16H,3-4,11,13H2,1H3,(H,23,25). The van der Waals surface area contributed by atoms with Crippen LogP contribution in [0.4, 0.5) is 4.39 Å². The molecule has 3 aromatic rings. The van der Waals surface area contributed by atoms with Gasteiger partial charge in [0.05, 0.1) is 17.5 Å². The summed E-state index contributed by atoms with van der Waals surface area (Å²) in [5, 5.41) is 6.78. The summed E-state index contributed by atoms with van der Waals surface area (Å²) >= 11 is 0. The molecule has 27 heavy (non-hydrogen) atoms. The van der Waals surface area contributed by atoms with E-state index in [4.69, 9.17) is 4.98 Å². The van der Waals surface area contributed by atoms with Crippen LogP contribution in [0.1, 0.15) is 40.5 Å². The Bertz CT molecular complexity index is 951. The maximum atomic E-state index is 13.2. The Labute approximate surface area is 157 Å². The Morgan fingerprint density at radius 1 is 1.22 bits per heavy atom. The third kappa shape index (κ3) is 3.60. The van der Waals surface area contributed by atoms with Crippen molar-refractivity contribution in [3.63, 3.8) is 0 Å². The van der Waals surface area contributed by atoms with Gasteiger partial charge in [-0.25, -0.2) is 4.39 Å². The molecule has 4 rings (SSSR count). The first-order chi connectivity index (χ1) is 13.1. The quantitative estimate of drug-likeness (QED) is 0.766. The minimum absolute atomic E-state index is 0.0145. The fraction of sp³-hybridized carbons (Fsp3) is 0.286. The van der Waals surface area contributed by atoms with Crippen molar-refractivity contribution in [3.05, 3.63) is 71.4 Å². The van der Waals surface area contributed by atoms with E-state index in [1.807, 2.05) is 30.0 Å². The zero-order valence-corrected chi connectivity index (χ0v) is 15.2. The first-order valence-corrected chi connectivity index (χ1v) is 9.14. The number of amides is 1. The number of halogens is 1. The SMILES string of the molecule is Cc1[nH]ncc1C(=O)N1CCCC(c2cccc(-c3ccc(F)cc3)n2)C1. The monoisotopic (exact) mass is 364 g/mol. The number of pyridine rings is 1. The summed E-state index contributed by atoms with van der Waals surface area (Å²) < 4.78 is 13.2. The van der Waals surface area contributed by atoms with Crippen LogP contribution in [0.15, 0.2) is 48.7 Å². The second-order valence-electron chi connectivity index (χ2n) is 6.95. The molecule has 1 unspecified atom stereocenters. The van der Waals surface area contributed by atoms with Crippen molar-refractivity contribution in [3.8, 4) is 11.3 Å². The van der Waals surface area contributed by atoms with Crippen molar-refractivity contribution in [2.45, 2.75) is 25.7 Å². The molecule has 1 aliphatic heterocycles. The maximum absolute atomic E-state index is 13.2. The highest BCUT2D eigenvalue weighted by Gasteiger charge is 2.27. The lowest BCUT2D eigenvalue weighted by atomic mass is 9.93. The molecular formula is C21H21FN4O. The molecule has 5 nitrogen and oxygen atoms in total. The molecule has 0 radical (unpaired) electrons. The van der Waals surface area contributed by atoms with Crippen LogP contribution < -0.4 is 0 Å². The molecule has 0 spiro atoms. The van der Waals surface area contributed by atoms with Gasteiger partial charge in [-0.05, 0) is 56.2 Å². The van der Waals surface area contributed by atoms with Crippen molar-refractivity contribution in [1.29, 1.82) is 0 Å². The van der Waals surface area contributed by atoms with Gasteiger partial charge in [0.25, 0.3) is 5.91 Å². The van der Waals surface area contributed by atoms with Crippen molar-refractivity contribution in [1.82, 2.24) is 20.1 Å². The normalized spacial score (nSPS) is 17.1. The largest absolute Gasteiger partial charge is 0.338 e. The number of carbonyl (C=O) groups is 1. The fourth-order valence-electron chi connectivity index (χ4n) is 3.60. The molecule has 0 aliphatic carbocycles. The third-order valence-corrected chi connectivity index (χ3v) is 5.10. The predicted octanol–water partition coefficient (Wildman–Crippen LogP) is 3.94. The maximum Gasteiger partial charge on any atom is 0.257 e. The van der Waals surface area contributed by atoms with Crippen LogP contribution >= 0.6 is 0 Å². The Morgan fingerprint density at radius 3 is 2.78 bits per heavy atom. The lowest BCUT2D eigenvalue weighted by Crippen LogP contribution is -2.39. The molecule has 1 N–H and O–H groups in total. The molecule has 2 aromatic heterocycles. The molecule has 0 bridgehead atoms. The van der Waals surface area contributed by atoms with E-state index >= 15 is 0 Å². The number of nitrogens with one attached hydrogen (secondary N) is 1. The summed E-state index contributed by atoms with van der Waals surface area (Å²) in [5.41, 5.74) is 4.10. The number of benzene rings is 1. The first-order valence-electron chi connectivity index (χ1n) is 9.14. The van der Waals surface area contributed by atoms with E-state index in [-0.39, 0.29) is 17.6 Å². The molecular weight excluding hydrogens is 343 g/mol. The predicted molar refractivity (Wildman–Crippen MR) is 101 cm³/mol. The van der Waals surface area contributed by atoms with Gasteiger partial charge in [0.15, 0.2) is 0 Å². The molecule has 1 aliphatic rings. The van der Waals surface area contributed by atoms with Crippen molar-refractivity contribution >= 4 is 5.91 Å². The van der Waals surface area contributed by atoms with Crippen LogP contribution in [0.3, 0.4) is 0 Å².